The lowest BCUT2D eigenvalue weighted by Gasteiger charge is -2.16. The first-order valence-corrected chi connectivity index (χ1v) is 8.14. The van der Waals surface area contributed by atoms with E-state index in [0.717, 1.165) is 11.8 Å². The Hall–Kier alpha value is -3.04. The van der Waals surface area contributed by atoms with Crippen LogP contribution in [0.15, 0.2) is 36.9 Å². The van der Waals surface area contributed by atoms with E-state index >= 15 is 0 Å². The van der Waals surface area contributed by atoms with Crippen LogP contribution in [-0.2, 0) is 4.84 Å². The highest BCUT2D eigenvalue weighted by Gasteiger charge is 2.22. The van der Waals surface area contributed by atoms with Gasteiger partial charge in [0.15, 0.2) is 5.82 Å². The second kappa shape index (κ2) is 7.68. The lowest BCUT2D eigenvalue weighted by atomic mass is 10.1. The van der Waals surface area contributed by atoms with E-state index in [1.807, 2.05) is 0 Å². The van der Waals surface area contributed by atoms with Crippen LogP contribution in [0, 0.1) is 18.6 Å². The Kier molecular flexibility index (Phi) is 5.33. The molecule has 3 rings (SSSR count). The van der Waals surface area contributed by atoms with Crippen molar-refractivity contribution in [3.05, 3.63) is 59.7 Å². The number of carbonyl (C=O) groups excluding carboxylic acids is 1. The third-order valence-electron chi connectivity index (χ3n) is 3.76. The second-order valence-corrected chi connectivity index (χ2v) is 6.11. The number of rotatable bonds is 6. The molecule has 2 aromatic heterocycles. The van der Waals surface area contributed by atoms with Gasteiger partial charge in [-0.25, -0.2) is 19.2 Å². The minimum atomic E-state index is -0.883. The Bertz CT molecular complexity index is 988. The summed E-state index contributed by atoms with van der Waals surface area (Å²) in [6.07, 6.45) is 3.05. The van der Waals surface area contributed by atoms with Crippen molar-refractivity contribution in [1.29, 1.82) is 0 Å². The molecule has 0 unspecified atom stereocenters. The minimum Gasteiger partial charge on any atom is -0.391 e. The summed E-state index contributed by atoms with van der Waals surface area (Å²) in [5.74, 6) is -2.28. The van der Waals surface area contributed by atoms with Crippen molar-refractivity contribution in [1.82, 2.24) is 14.9 Å². The predicted octanol–water partition coefficient (Wildman–Crippen LogP) is 2.71. The molecule has 1 aromatic carbocycles. The van der Waals surface area contributed by atoms with E-state index < -0.39 is 23.6 Å². The van der Waals surface area contributed by atoms with E-state index in [2.05, 4.69) is 15.8 Å². The zero-order chi connectivity index (χ0) is 19.6. The van der Waals surface area contributed by atoms with Gasteiger partial charge in [0.1, 0.15) is 18.0 Å². The quantitative estimate of drug-likeness (QED) is 0.576. The molecule has 0 aliphatic rings. The molecule has 1 amide bonds. The smallest absolute Gasteiger partial charge is 0.280 e. The van der Waals surface area contributed by atoms with Crippen LogP contribution in [0.3, 0.4) is 0 Å². The number of pyridine rings is 1. The zero-order valence-electron chi connectivity index (χ0n) is 14.7. The fourth-order valence-corrected chi connectivity index (χ4v) is 2.52. The Morgan fingerprint density at radius 1 is 1.37 bits per heavy atom. The van der Waals surface area contributed by atoms with Gasteiger partial charge in [-0.3, -0.25) is 9.63 Å². The first kappa shape index (κ1) is 18.7. The van der Waals surface area contributed by atoms with Gasteiger partial charge in [-0.15, -0.1) is 0 Å². The second-order valence-electron chi connectivity index (χ2n) is 6.11. The number of aliphatic hydroxyl groups excluding tert-OH is 1. The molecule has 3 aromatic rings. The highest BCUT2D eigenvalue weighted by atomic mass is 19.1. The molecule has 0 saturated heterocycles. The molecule has 0 radical (unpaired) electrons. The monoisotopic (exact) mass is 376 g/mol. The number of hydroxylamine groups is 1. The average Bonchev–Trinajstić information content (AvgIpc) is 3.04. The minimum absolute atomic E-state index is 0.0356. The number of amides is 1. The van der Waals surface area contributed by atoms with Crippen LogP contribution in [0.5, 0.6) is 0 Å². The molecular formula is C18H18F2N4O3. The van der Waals surface area contributed by atoms with E-state index in [1.54, 1.807) is 13.0 Å². The molecular weight excluding hydrogens is 358 g/mol. The van der Waals surface area contributed by atoms with Crippen molar-refractivity contribution >= 4 is 22.8 Å². The number of hydrogen-bond donors (Lipinski definition) is 3. The topological polar surface area (TPSA) is 87.9 Å². The summed E-state index contributed by atoms with van der Waals surface area (Å²) in [4.78, 5) is 21.2. The number of carbonyl (C=O) groups is 1. The summed E-state index contributed by atoms with van der Waals surface area (Å²) in [5, 5.41) is 12.0. The number of anilines is 2. The lowest BCUT2D eigenvalue weighted by Crippen LogP contribution is -2.29. The van der Waals surface area contributed by atoms with E-state index in [9.17, 15) is 18.7 Å². The maximum absolute atomic E-state index is 14.6. The molecule has 9 heteroatoms. The summed E-state index contributed by atoms with van der Waals surface area (Å²) >= 11 is 0. The SMILES string of the molecule is Cc1ccc(Nc2c(C(=O)NOC[C@H](C)O)c(F)cn3cncc23)c(F)c1. The van der Waals surface area contributed by atoms with Crippen molar-refractivity contribution in [2.75, 3.05) is 11.9 Å². The summed E-state index contributed by atoms with van der Waals surface area (Å²) < 4.78 is 30.2. The van der Waals surface area contributed by atoms with Gasteiger partial charge in [-0.2, -0.15) is 0 Å². The molecule has 0 saturated carbocycles. The molecule has 0 aliphatic heterocycles. The van der Waals surface area contributed by atoms with Crippen molar-refractivity contribution in [3.63, 3.8) is 0 Å². The number of aromatic nitrogens is 2. The van der Waals surface area contributed by atoms with Crippen LogP contribution in [0.4, 0.5) is 20.2 Å². The lowest BCUT2D eigenvalue weighted by molar-refractivity contribution is -0.00700. The number of aryl methyl sites for hydroxylation is 1. The van der Waals surface area contributed by atoms with E-state index in [1.165, 1.54) is 36.0 Å². The molecule has 142 valence electrons. The third-order valence-corrected chi connectivity index (χ3v) is 3.76. The predicted molar refractivity (Wildman–Crippen MR) is 94.7 cm³/mol. The molecule has 0 aliphatic carbocycles. The Morgan fingerprint density at radius 3 is 2.85 bits per heavy atom. The molecule has 27 heavy (non-hydrogen) atoms. The number of benzene rings is 1. The van der Waals surface area contributed by atoms with Crippen molar-refractivity contribution in [3.8, 4) is 0 Å². The summed E-state index contributed by atoms with van der Waals surface area (Å²) in [5.41, 5.74) is 2.91. The first-order chi connectivity index (χ1) is 12.9. The average molecular weight is 376 g/mol. The van der Waals surface area contributed by atoms with Gasteiger partial charge in [-0.1, -0.05) is 6.07 Å². The maximum atomic E-state index is 14.6. The number of aliphatic hydroxyl groups is 1. The summed E-state index contributed by atoms with van der Waals surface area (Å²) in [6.45, 7) is 3.04. The van der Waals surface area contributed by atoms with Gasteiger partial charge in [0.05, 0.1) is 35.5 Å². The van der Waals surface area contributed by atoms with Gasteiger partial charge in [-0.05, 0) is 31.5 Å². The van der Waals surface area contributed by atoms with Gasteiger partial charge in [0.2, 0.25) is 0 Å². The van der Waals surface area contributed by atoms with Crippen molar-refractivity contribution < 1.29 is 23.5 Å². The summed E-state index contributed by atoms with van der Waals surface area (Å²) in [6, 6.07) is 4.50. The van der Waals surface area contributed by atoms with Gasteiger partial charge in [0.25, 0.3) is 5.91 Å². The van der Waals surface area contributed by atoms with Gasteiger partial charge >= 0.3 is 0 Å². The van der Waals surface area contributed by atoms with Gasteiger partial charge in [0, 0.05) is 6.20 Å². The molecule has 1 atom stereocenters. The number of imidazole rings is 1. The summed E-state index contributed by atoms with van der Waals surface area (Å²) in [7, 11) is 0. The molecule has 0 spiro atoms. The number of fused-ring (bicyclic) bond motifs is 1. The van der Waals surface area contributed by atoms with Gasteiger partial charge < -0.3 is 14.8 Å². The zero-order valence-corrected chi connectivity index (χ0v) is 14.7. The van der Waals surface area contributed by atoms with Crippen LogP contribution in [0.25, 0.3) is 5.52 Å². The number of halogens is 2. The molecule has 2 heterocycles. The van der Waals surface area contributed by atoms with Crippen molar-refractivity contribution in [2.24, 2.45) is 0 Å². The molecule has 3 N–H and O–H groups in total. The first-order valence-electron chi connectivity index (χ1n) is 8.14. The third kappa shape index (κ3) is 4.04. The van der Waals surface area contributed by atoms with E-state index in [-0.39, 0.29) is 23.5 Å². The highest BCUT2D eigenvalue weighted by molar-refractivity contribution is 6.03. The fourth-order valence-electron chi connectivity index (χ4n) is 2.52. The molecule has 0 bridgehead atoms. The Morgan fingerprint density at radius 2 is 2.15 bits per heavy atom. The van der Waals surface area contributed by atoms with Crippen molar-refractivity contribution in [2.45, 2.75) is 20.0 Å². The van der Waals surface area contributed by atoms with Crippen LogP contribution < -0.4 is 10.8 Å². The maximum Gasteiger partial charge on any atom is 0.280 e. The standard InChI is InChI=1S/C18H18F2N4O3/c1-10-3-4-14(12(19)5-10)22-17-15-6-21-9-24(15)7-13(20)16(17)18(26)23-27-8-11(2)25/h3-7,9,11,22,25H,8H2,1-2H3,(H,23,26)/t11-/m0/s1. The van der Waals surface area contributed by atoms with Crippen LogP contribution >= 0.6 is 0 Å². The van der Waals surface area contributed by atoms with Crippen LogP contribution in [0.1, 0.15) is 22.8 Å². The number of nitrogens with zero attached hydrogens (tertiary/aromatic N) is 2. The Labute approximate surface area is 153 Å². The van der Waals surface area contributed by atoms with Crippen LogP contribution in [0.2, 0.25) is 0 Å². The molecule has 0 fully saturated rings. The van der Waals surface area contributed by atoms with E-state index in [4.69, 9.17) is 4.84 Å². The largest absolute Gasteiger partial charge is 0.391 e. The normalized spacial score (nSPS) is 12.2. The number of hydrogen-bond acceptors (Lipinski definition) is 5. The fraction of sp³-hybridized carbons (Fsp3) is 0.222. The Balaban J connectivity index is 2.03. The number of nitrogens with one attached hydrogen (secondary N) is 2. The molecule has 7 nitrogen and oxygen atoms in total. The van der Waals surface area contributed by atoms with E-state index in [0.29, 0.717) is 5.52 Å². The highest BCUT2D eigenvalue weighted by Crippen LogP contribution is 2.30. The van der Waals surface area contributed by atoms with Crippen LogP contribution in [-0.4, -0.2) is 33.1 Å².